The molecule has 0 bridgehead atoms. The van der Waals surface area contributed by atoms with Gasteiger partial charge in [-0.3, -0.25) is 4.68 Å². The normalized spacial score (nSPS) is 13.9. The highest BCUT2D eigenvalue weighted by molar-refractivity contribution is 9.10. The Kier molecular flexibility index (Phi) is 5.37. The Morgan fingerprint density at radius 2 is 2.06 bits per heavy atom. The van der Waals surface area contributed by atoms with Crippen LogP contribution in [0.3, 0.4) is 0 Å². The Morgan fingerprint density at radius 3 is 2.56 bits per heavy atom. The Morgan fingerprint density at radius 1 is 1.44 bits per heavy atom. The summed E-state index contributed by atoms with van der Waals surface area (Å²) in [7, 11) is 0. The summed E-state index contributed by atoms with van der Waals surface area (Å²) in [6.45, 7) is 11.7. The average Bonchev–Trinajstić information content (AvgIpc) is 2.53. The first kappa shape index (κ1) is 15.7. The van der Waals surface area contributed by atoms with Crippen LogP contribution in [0.25, 0.3) is 0 Å². The Balaban J connectivity index is 2.67. The van der Waals surface area contributed by atoms with Gasteiger partial charge in [0.05, 0.1) is 22.0 Å². The number of nitrogens with one attached hydrogen (secondary N) is 1. The molecule has 5 heteroatoms. The molecule has 0 aliphatic rings. The highest BCUT2D eigenvalue weighted by Crippen LogP contribution is 2.22. The third kappa shape index (κ3) is 4.37. The standard InChI is InChI=1S/C13H24BrN3O/c1-6-17-11(12(14)9(2)16-17)7-10(18)8-15-13(3,4)5/h10,15,18H,6-8H2,1-5H3. The second kappa shape index (κ2) is 6.17. The van der Waals surface area contributed by atoms with Crippen LogP contribution in [0.15, 0.2) is 4.47 Å². The van der Waals surface area contributed by atoms with E-state index in [9.17, 15) is 5.11 Å². The van der Waals surface area contributed by atoms with Crippen LogP contribution >= 0.6 is 15.9 Å². The molecule has 0 aliphatic carbocycles. The van der Waals surface area contributed by atoms with Crippen molar-refractivity contribution in [1.29, 1.82) is 0 Å². The molecular formula is C13H24BrN3O. The minimum absolute atomic E-state index is 0.0269. The van der Waals surface area contributed by atoms with E-state index in [1.807, 2.05) is 11.6 Å². The molecule has 0 fully saturated rings. The minimum atomic E-state index is -0.401. The molecule has 1 atom stereocenters. The second-order valence-electron chi connectivity index (χ2n) is 5.65. The van der Waals surface area contributed by atoms with E-state index in [4.69, 9.17) is 0 Å². The molecular weight excluding hydrogens is 294 g/mol. The Labute approximate surface area is 118 Å². The smallest absolute Gasteiger partial charge is 0.0738 e. The van der Waals surface area contributed by atoms with Crippen LogP contribution in [0.2, 0.25) is 0 Å². The van der Waals surface area contributed by atoms with E-state index in [0.29, 0.717) is 13.0 Å². The number of aromatic nitrogens is 2. The Hall–Kier alpha value is -0.390. The molecule has 0 amide bonds. The quantitative estimate of drug-likeness (QED) is 0.876. The number of β-amino-alcohol motifs (C(OH)–C–C–N with tert-alkyl or cyclic N) is 1. The molecule has 0 saturated carbocycles. The summed E-state index contributed by atoms with van der Waals surface area (Å²) in [5, 5.41) is 17.8. The van der Waals surface area contributed by atoms with Gasteiger partial charge < -0.3 is 10.4 Å². The maximum Gasteiger partial charge on any atom is 0.0738 e. The van der Waals surface area contributed by atoms with Crippen molar-refractivity contribution in [2.45, 2.75) is 59.2 Å². The maximum absolute atomic E-state index is 10.1. The monoisotopic (exact) mass is 317 g/mol. The van der Waals surface area contributed by atoms with Crippen LogP contribution in [0.5, 0.6) is 0 Å². The maximum atomic E-state index is 10.1. The van der Waals surface area contributed by atoms with Gasteiger partial charge in [0.25, 0.3) is 0 Å². The lowest BCUT2D eigenvalue weighted by molar-refractivity contribution is 0.158. The van der Waals surface area contributed by atoms with E-state index < -0.39 is 6.10 Å². The van der Waals surface area contributed by atoms with Gasteiger partial charge in [0.2, 0.25) is 0 Å². The first-order chi connectivity index (χ1) is 8.24. The van der Waals surface area contributed by atoms with E-state index in [0.717, 1.165) is 22.4 Å². The van der Waals surface area contributed by atoms with Gasteiger partial charge in [-0.25, -0.2) is 0 Å². The number of hydrogen-bond donors (Lipinski definition) is 2. The van der Waals surface area contributed by atoms with Crippen molar-refractivity contribution in [1.82, 2.24) is 15.1 Å². The van der Waals surface area contributed by atoms with E-state index in [2.05, 4.69) is 54.0 Å². The first-order valence-corrected chi connectivity index (χ1v) is 7.18. The van der Waals surface area contributed by atoms with Crippen LogP contribution in [0, 0.1) is 6.92 Å². The van der Waals surface area contributed by atoms with E-state index in [-0.39, 0.29) is 5.54 Å². The number of halogens is 1. The molecule has 18 heavy (non-hydrogen) atoms. The van der Waals surface area contributed by atoms with Gasteiger partial charge in [0.15, 0.2) is 0 Å². The fourth-order valence-electron chi connectivity index (χ4n) is 1.78. The number of rotatable bonds is 5. The van der Waals surface area contributed by atoms with Crippen LogP contribution in [-0.4, -0.2) is 33.1 Å². The van der Waals surface area contributed by atoms with Gasteiger partial charge >= 0.3 is 0 Å². The molecule has 4 nitrogen and oxygen atoms in total. The van der Waals surface area contributed by atoms with Gasteiger partial charge in [0.1, 0.15) is 0 Å². The highest BCUT2D eigenvalue weighted by atomic mass is 79.9. The van der Waals surface area contributed by atoms with Crippen molar-refractivity contribution in [2.75, 3.05) is 6.54 Å². The van der Waals surface area contributed by atoms with Crippen molar-refractivity contribution in [3.05, 3.63) is 15.9 Å². The number of aryl methyl sites for hydroxylation is 2. The molecule has 1 unspecified atom stereocenters. The third-order valence-corrected chi connectivity index (χ3v) is 3.78. The van der Waals surface area contributed by atoms with Crippen molar-refractivity contribution in [3.8, 4) is 0 Å². The lowest BCUT2D eigenvalue weighted by atomic mass is 10.1. The first-order valence-electron chi connectivity index (χ1n) is 6.39. The zero-order valence-corrected chi connectivity index (χ0v) is 13.5. The van der Waals surface area contributed by atoms with Gasteiger partial charge in [-0.05, 0) is 50.5 Å². The molecule has 0 aromatic carbocycles. The van der Waals surface area contributed by atoms with Gasteiger partial charge in [-0.15, -0.1) is 0 Å². The summed E-state index contributed by atoms with van der Waals surface area (Å²) in [4.78, 5) is 0. The summed E-state index contributed by atoms with van der Waals surface area (Å²) < 4.78 is 2.96. The fourth-order valence-corrected chi connectivity index (χ4v) is 2.23. The van der Waals surface area contributed by atoms with Crippen molar-refractivity contribution in [3.63, 3.8) is 0 Å². The zero-order chi connectivity index (χ0) is 13.9. The zero-order valence-electron chi connectivity index (χ0n) is 11.9. The molecule has 1 aromatic rings. The topological polar surface area (TPSA) is 50.1 Å². The average molecular weight is 318 g/mol. The fraction of sp³-hybridized carbons (Fsp3) is 0.769. The minimum Gasteiger partial charge on any atom is -0.391 e. The molecule has 0 radical (unpaired) electrons. The molecule has 0 spiro atoms. The van der Waals surface area contributed by atoms with E-state index >= 15 is 0 Å². The Bertz CT molecular complexity index is 396. The van der Waals surface area contributed by atoms with E-state index in [1.54, 1.807) is 0 Å². The van der Waals surface area contributed by atoms with Crippen LogP contribution in [0.4, 0.5) is 0 Å². The van der Waals surface area contributed by atoms with Crippen molar-refractivity contribution < 1.29 is 5.11 Å². The molecule has 1 rings (SSSR count). The second-order valence-corrected chi connectivity index (χ2v) is 6.44. The molecule has 104 valence electrons. The lowest BCUT2D eigenvalue weighted by Crippen LogP contribution is -2.41. The number of nitrogens with zero attached hydrogens (tertiary/aromatic N) is 2. The molecule has 0 aliphatic heterocycles. The summed E-state index contributed by atoms with van der Waals surface area (Å²) in [5.41, 5.74) is 2.07. The highest BCUT2D eigenvalue weighted by Gasteiger charge is 2.17. The van der Waals surface area contributed by atoms with Gasteiger partial charge in [-0.1, -0.05) is 0 Å². The van der Waals surface area contributed by atoms with E-state index in [1.165, 1.54) is 0 Å². The molecule has 0 saturated heterocycles. The lowest BCUT2D eigenvalue weighted by Gasteiger charge is -2.23. The summed E-state index contributed by atoms with van der Waals surface area (Å²) in [5.74, 6) is 0. The van der Waals surface area contributed by atoms with Crippen LogP contribution in [-0.2, 0) is 13.0 Å². The molecule has 2 N–H and O–H groups in total. The summed E-state index contributed by atoms with van der Waals surface area (Å²) in [6.07, 6.45) is 0.208. The summed E-state index contributed by atoms with van der Waals surface area (Å²) in [6, 6.07) is 0. The predicted molar refractivity (Wildman–Crippen MR) is 77.8 cm³/mol. The number of aliphatic hydroxyl groups excluding tert-OH is 1. The third-order valence-electron chi connectivity index (χ3n) is 2.75. The number of hydrogen-bond acceptors (Lipinski definition) is 3. The van der Waals surface area contributed by atoms with Crippen molar-refractivity contribution in [2.24, 2.45) is 0 Å². The van der Waals surface area contributed by atoms with Crippen molar-refractivity contribution >= 4 is 15.9 Å². The molecule has 1 heterocycles. The SMILES string of the molecule is CCn1nc(C)c(Br)c1CC(O)CNC(C)(C)C. The van der Waals surface area contributed by atoms with Crippen LogP contribution < -0.4 is 5.32 Å². The summed E-state index contributed by atoms with van der Waals surface area (Å²) >= 11 is 3.55. The predicted octanol–water partition coefficient (Wildman–Crippen LogP) is 2.27. The number of aliphatic hydroxyl groups is 1. The van der Waals surface area contributed by atoms with Gasteiger partial charge in [0, 0.05) is 25.0 Å². The van der Waals surface area contributed by atoms with Crippen LogP contribution in [0.1, 0.15) is 39.1 Å². The van der Waals surface area contributed by atoms with Gasteiger partial charge in [-0.2, -0.15) is 5.10 Å². The molecule has 1 aromatic heterocycles. The largest absolute Gasteiger partial charge is 0.391 e.